The van der Waals surface area contributed by atoms with Gasteiger partial charge in [0, 0.05) is 19.1 Å². The van der Waals surface area contributed by atoms with Crippen molar-refractivity contribution in [1.82, 2.24) is 15.1 Å². The maximum atomic E-state index is 3.58. The van der Waals surface area contributed by atoms with Crippen molar-refractivity contribution in [3.8, 4) is 0 Å². The van der Waals surface area contributed by atoms with Crippen LogP contribution < -0.4 is 5.32 Å². The monoisotopic (exact) mass is 239 g/mol. The SMILES string of the molecule is CN(CCCCNC1CC1)CCN1CCCC1. The van der Waals surface area contributed by atoms with Crippen molar-refractivity contribution >= 4 is 0 Å². The van der Waals surface area contributed by atoms with E-state index < -0.39 is 0 Å². The van der Waals surface area contributed by atoms with Crippen molar-refractivity contribution in [3.63, 3.8) is 0 Å². The van der Waals surface area contributed by atoms with Crippen LogP contribution in [0.1, 0.15) is 38.5 Å². The molecule has 2 rings (SSSR count). The summed E-state index contributed by atoms with van der Waals surface area (Å²) in [6, 6.07) is 0.878. The third kappa shape index (κ3) is 5.84. The van der Waals surface area contributed by atoms with E-state index in [0.29, 0.717) is 0 Å². The third-order valence-electron chi connectivity index (χ3n) is 3.97. The molecule has 1 saturated heterocycles. The lowest BCUT2D eigenvalue weighted by molar-refractivity contribution is 0.254. The molecule has 2 fully saturated rings. The second kappa shape index (κ2) is 7.34. The van der Waals surface area contributed by atoms with E-state index in [-0.39, 0.29) is 0 Å². The number of likely N-dealkylation sites (N-methyl/N-ethyl adjacent to an activating group) is 1. The molecule has 0 amide bonds. The van der Waals surface area contributed by atoms with E-state index in [2.05, 4.69) is 22.2 Å². The zero-order valence-corrected chi connectivity index (χ0v) is 11.5. The number of hydrogen-bond donors (Lipinski definition) is 1. The predicted molar refractivity (Wildman–Crippen MR) is 73.4 cm³/mol. The van der Waals surface area contributed by atoms with Crippen LogP contribution in [0, 0.1) is 0 Å². The van der Waals surface area contributed by atoms with Crippen molar-refractivity contribution < 1.29 is 0 Å². The van der Waals surface area contributed by atoms with Crippen molar-refractivity contribution in [3.05, 3.63) is 0 Å². The van der Waals surface area contributed by atoms with Gasteiger partial charge in [0.15, 0.2) is 0 Å². The normalized spacial score (nSPS) is 21.5. The van der Waals surface area contributed by atoms with Gasteiger partial charge >= 0.3 is 0 Å². The van der Waals surface area contributed by atoms with Crippen LogP contribution in [0.5, 0.6) is 0 Å². The number of likely N-dealkylation sites (tertiary alicyclic amines) is 1. The fourth-order valence-corrected chi connectivity index (χ4v) is 2.53. The van der Waals surface area contributed by atoms with E-state index in [1.54, 1.807) is 0 Å². The lowest BCUT2D eigenvalue weighted by Gasteiger charge is -2.21. The molecule has 0 radical (unpaired) electrons. The van der Waals surface area contributed by atoms with Crippen molar-refractivity contribution in [2.24, 2.45) is 0 Å². The summed E-state index contributed by atoms with van der Waals surface area (Å²) < 4.78 is 0. The van der Waals surface area contributed by atoms with Gasteiger partial charge in [0.05, 0.1) is 0 Å². The molecule has 1 N–H and O–H groups in total. The summed E-state index contributed by atoms with van der Waals surface area (Å²) in [5, 5.41) is 3.58. The first-order chi connectivity index (χ1) is 8.34. The van der Waals surface area contributed by atoms with Crippen LogP contribution in [0.4, 0.5) is 0 Å². The largest absolute Gasteiger partial charge is 0.314 e. The van der Waals surface area contributed by atoms with Gasteiger partial charge in [-0.15, -0.1) is 0 Å². The molecule has 0 unspecified atom stereocenters. The van der Waals surface area contributed by atoms with Crippen LogP contribution >= 0.6 is 0 Å². The van der Waals surface area contributed by atoms with E-state index in [1.165, 1.54) is 77.8 Å². The molecule has 100 valence electrons. The third-order valence-corrected chi connectivity index (χ3v) is 3.97. The Morgan fingerprint density at radius 3 is 2.59 bits per heavy atom. The molecular weight excluding hydrogens is 210 g/mol. The molecule has 1 heterocycles. The Kier molecular flexibility index (Phi) is 5.75. The summed E-state index contributed by atoms with van der Waals surface area (Å²) in [5.74, 6) is 0. The van der Waals surface area contributed by atoms with Gasteiger partial charge < -0.3 is 15.1 Å². The maximum absolute atomic E-state index is 3.58. The topological polar surface area (TPSA) is 18.5 Å². The molecule has 0 aromatic rings. The molecule has 3 heteroatoms. The highest BCUT2D eigenvalue weighted by Crippen LogP contribution is 2.18. The second-order valence-electron chi connectivity index (χ2n) is 5.79. The first-order valence-corrected chi connectivity index (χ1v) is 7.49. The first kappa shape index (κ1) is 13.3. The van der Waals surface area contributed by atoms with E-state index in [4.69, 9.17) is 0 Å². The van der Waals surface area contributed by atoms with E-state index in [0.717, 1.165) is 6.04 Å². The summed E-state index contributed by atoms with van der Waals surface area (Å²) in [6.45, 7) is 7.68. The average Bonchev–Trinajstić information content (AvgIpc) is 3.00. The molecule has 1 saturated carbocycles. The minimum Gasteiger partial charge on any atom is -0.314 e. The predicted octanol–water partition coefficient (Wildman–Crippen LogP) is 1.55. The van der Waals surface area contributed by atoms with Gasteiger partial charge in [-0.25, -0.2) is 0 Å². The molecule has 0 aromatic heterocycles. The van der Waals surface area contributed by atoms with Crippen molar-refractivity contribution in [2.75, 3.05) is 46.3 Å². The molecule has 3 nitrogen and oxygen atoms in total. The van der Waals surface area contributed by atoms with Crippen LogP contribution in [0.25, 0.3) is 0 Å². The Morgan fingerprint density at radius 1 is 1.12 bits per heavy atom. The zero-order valence-electron chi connectivity index (χ0n) is 11.5. The number of unbranched alkanes of at least 4 members (excludes halogenated alkanes) is 1. The smallest absolute Gasteiger partial charge is 0.0109 e. The molecule has 0 atom stereocenters. The van der Waals surface area contributed by atoms with Gasteiger partial charge in [-0.1, -0.05) is 0 Å². The van der Waals surface area contributed by atoms with E-state index in [1.807, 2.05) is 0 Å². The van der Waals surface area contributed by atoms with Crippen molar-refractivity contribution in [1.29, 1.82) is 0 Å². The molecule has 0 aromatic carbocycles. The molecule has 1 aliphatic heterocycles. The zero-order chi connectivity index (χ0) is 11.9. The molecule has 2 aliphatic rings. The molecule has 17 heavy (non-hydrogen) atoms. The van der Waals surface area contributed by atoms with Gasteiger partial charge in [0.25, 0.3) is 0 Å². The summed E-state index contributed by atoms with van der Waals surface area (Å²) in [7, 11) is 2.27. The summed E-state index contributed by atoms with van der Waals surface area (Å²) in [6.07, 6.45) is 8.33. The van der Waals surface area contributed by atoms with E-state index in [9.17, 15) is 0 Å². The Morgan fingerprint density at radius 2 is 1.88 bits per heavy atom. The number of rotatable bonds is 9. The quantitative estimate of drug-likeness (QED) is 0.616. The van der Waals surface area contributed by atoms with Gasteiger partial charge in [-0.3, -0.25) is 0 Å². The number of hydrogen-bond acceptors (Lipinski definition) is 3. The van der Waals surface area contributed by atoms with Gasteiger partial charge in [-0.2, -0.15) is 0 Å². The molecule has 0 spiro atoms. The molecule has 0 bridgehead atoms. The lowest BCUT2D eigenvalue weighted by Crippen LogP contribution is -2.32. The highest BCUT2D eigenvalue weighted by atomic mass is 15.2. The fourth-order valence-electron chi connectivity index (χ4n) is 2.53. The van der Waals surface area contributed by atoms with Crippen LogP contribution in [0.2, 0.25) is 0 Å². The number of nitrogens with zero attached hydrogens (tertiary/aromatic N) is 2. The second-order valence-corrected chi connectivity index (χ2v) is 5.79. The summed E-state index contributed by atoms with van der Waals surface area (Å²) >= 11 is 0. The molecule has 1 aliphatic carbocycles. The summed E-state index contributed by atoms with van der Waals surface area (Å²) in [4.78, 5) is 5.10. The van der Waals surface area contributed by atoms with Crippen LogP contribution in [0.3, 0.4) is 0 Å². The number of nitrogens with one attached hydrogen (secondary N) is 1. The van der Waals surface area contributed by atoms with Crippen LogP contribution in [-0.4, -0.2) is 62.2 Å². The minimum absolute atomic E-state index is 0.878. The minimum atomic E-state index is 0.878. The highest BCUT2D eigenvalue weighted by Gasteiger charge is 2.19. The van der Waals surface area contributed by atoms with Gasteiger partial charge in [0.2, 0.25) is 0 Å². The standard InChI is InChI=1S/C14H29N3/c1-16(12-13-17-10-4-5-11-17)9-3-2-8-15-14-6-7-14/h14-15H,2-13H2,1H3. The van der Waals surface area contributed by atoms with Crippen LogP contribution in [0.15, 0.2) is 0 Å². The fraction of sp³-hybridized carbons (Fsp3) is 1.00. The Bertz CT molecular complexity index is 198. The highest BCUT2D eigenvalue weighted by molar-refractivity contribution is 4.80. The lowest BCUT2D eigenvalue weighted by atomic mass is 10.3. The first-order valence-electron chi connectivity index (χ1n) is 7.49. The van der Waals surface area contributed by atoms with Crippen molar-refractivity contribution in [2.45, 2.75) is 44.6 Å². The van der Waals surface area contributed by atoms with Crippen LogP contribution in [-0.2, 0) is 0 Å². The summed E-state index contributed by atoms with van der Waals surface area (Å²) in [5.41, 5.74) is 0. The van der Waals surface area contributed by atoms with Gasteiger partial charge in [-0.05, 0) is 71.8 Å². The average molecular weight is 239 g/mol. The maximum Gasteiger partial charge on any atom is 0.0109 e. The molecular formula is C14H29N3. The Hall–Kier alpha value is -0.120. The van der Waals surface area contributed by atoms with E-state index >= 15 is 0 Å². The van der Waals surface area contributed by atoms with Gasteiger partial charge in [0.1, 0.15) is 0 Å². The Labute approximate surface area is 107 Å². The Balaban J connectivity index is 1.38.